The molecule has 148 valence electrons. The molecule has 1 N–H and O–H groups in total. The standard InChI is InChI=1S/C21H23N7O/c1-13-9-17-14(5-4-7-22-17)10-16(13)24-20-23-11-18-19(25-20)28(21(29)27(18)3)15-6-8-26(2)12-15/h4-5,7,9-11,15H,6,8,12H2,1-3H3,(H,23,24,25). The third-order valence-electron chi connectivity index (χ3n) is 5.76. The number of aryl methyl sites for hydroxylation is 2. The van der Waals surface area contributed by atoms with Crippen LogP contribution >= 0.6 is 0 Å². The topological polar surface area (TPSA) is 80.9 Å². The second-order valence-corrected chi connectivity index (χ2v) is 7.81. The van der Waals surface area contributed by atoms with Crippen molar-refractivity contribution in [2.24, 2.45) is 7.05 Å². The van der Waals surface area contributed by atoms with Crippen LogP contribution in [0.4, 0.5) is 11.6 Å². The molecular weight excluding hydrogens is 366 g/mol. The van der Waals surface area contributed by atoms with Crippen molar-refractivity contribution in [3.8, 4) is 0 Å². The van der Waals surface area contributed by atoms with Gasteiger partial charge in [-0.2, -0.15) is 4.98 Å². The summed E-state index contributed by atoms with van der Waals surface area (Å²) < 4.78 is 3.45. The van der Waals surface area contributed by atoms with Crippen molar-refractivity contribution in [1.82, 2.24) is 29.0 Å². The van der Waals surface area contributed by atoms with Crippen LogP contribution in [-0.2, 0) is 7.05 Å². The maximum atomic E-state index is 12.9. The van der Waals surface area contributed by atoms with Crippen LogP contribution in [0.5, 0.6) is 0 Å². The van der Waals surface area contributed by atoms with Gasteiger partial charge in [0.25, 0.3) is 0 Å². The van der Waals surface area contributed by atoms with Crippen LogP contribution in [0.3, 0.4) is 0 Å². The molecule has 4 aromatic rings. The Morgan fingerprint density at radius 3 is 2.86 bits per heavy atom. The van der Waals surface area contributed by atoms with Gasteiger partial charge < -0.3 is 10.2 Å². The molecule has 1 saturated heterocycles. The van der Waals surface area contributed by atoms with E-state index in [0.29, 0.717) is 11.6 Å². The van der Waals surface area contributed by atoms with Crippen molar-refractivity contribution in [2.75, 3.05) is 25.5 Å². The molecule has 1 fully saturated rings. The van der Waals surface area contributed by atoms with Crippen LogP contribution in [0.25, 0.3) is 22.1 Å². The van der Waals surface area contributed by atoms with E-state index < -0.39 is 0 Å². The molecule has 1 unspecified atom stereocenters. The number of imidazole rings is 1. The van der Waals surface area contributed by atoms with Crippen molar-refractivity contribution >= 4 is 33.7 Å². The third kappa shape index (κ3) is 2.96. The number of benzene rings is 1. The fourth-order valence-electron chi connectivity index (χ4n) is 4.13. The van der Waals surface area contributed by atoms with Crippen molar-refractivity contribution in [2.45, 2.75) is 19.4 Å². The first-order valence-corrected chi connectivity index (χ1v) is 9.76. The Morgan fingerprint density at radius 1 is 1.21 bits per heavy atom. The van der Waals surface area contributed by atoms with E-state index in [1.165, 1.54) is 0 Å². The molecule has 0 spiro atoms. The summed E-state index contributed by atoms with van der Waals surface area (Å²) in [6, 6.07) is 8.18. The molecule has 0 bridgehead atoms. The predicted molar refractivity (Wildman–Crippen MR) is 114 cm³/mol. The molecule has 1 aliphatic rings. The van der Waals surface area contributed by atoms with Crippen LogP contribution in [0, 0.1) is 6.92 Å². The maximum absolute atomic E-state index is 12.9. The molecule has 0 aliphatic carbocycles. The Balaban J connectivity index is 1.58. The van der Waals surface area contributed by atoms with Gasteiger partial charge in [0.2, 0.25) is 5.95 Å². The van der Waals surface area contributed by atoms with Gasteiger partial charge in [-0.15, -0.1) is 0 Å². The molecule has 0 saturated carbocycles. The Bertz CT molecular complexity index is 1290. The Hall–Kier alpha value is -3.26. The van der Waals surface area contributed by atoms with Crippen molar-refractivity contribution in [3.63, 3.8) is 0 Å². The molecule has 1 atom stereocenters. The maximum Gasteiger partial charge on any atom is 0.330 e. The highest BCUT2D eigenvalue weighted by Crippen LogP contribution is 2.26. The molecular formula is C21H23N7O. The lowest BCUT2D eigenvalue weighted by Crippen LogP contribution is -2.27. The van der Waals surface area contributed by atoms with E-state index in [4.69, 9.17) is 4.98 Å². The molecule has 1 aliphatic heterocycles. The summed E-state index contributed by atoms with van der Waals surface area (Å²) in [7, 11) is 3.85. The number of aromatic nitrogens is 5. The Labute approximate surface area is 167 Å². The van der Waals surface area contributed by atoms with Crippen molar-refractivity contribution in [3.05, 3.63) is 52.7 Å². The largest absolute Gasteiger partial charge is 0.330 e. The number of nitrogens with zero attached hydrogens (tertiary/aromatic N) is 6. The summed E-state index contributed by atoms with van der Waals surface area (Å²) in [5.74, 6) is 0.481. The van der Waals surface area contributed by atoms with Crippen molar-refractivity contribution < 1.29 is 0 Å². The Kier molecular flexibility index (Phi) is 4.09. The van der Waals surface area contributed by atoms with Gasteiger partial charge in [0, 0.05) is 30.9 Å². The van der Waals surface area contributed by atoms with E-state index in [0.717, 1.165) is 47.2 Å². The first kappa shape index (κ1) is 17.8. The molecule has 29 heavy (non-hydrogen) atoms. The lowest BCUT2D eigenvalue weighted by Gasteiger charge is -2.13. The molecule has 0 radical (unpaired) electrons. The second kappa shape index (κ2) is 6.66. The van der Waals surface area contributed by atoms with E-state index in [9.17, 15) is 4.79 Å². The lowest BCUT2D eigenvalue weighted by atomic mass is 10.1. The first-order chi connectivity index (χ1) is 14.0. The zero-order valence-corrected chi connectivity index (χ0v) is 16.8. The smallest absolute Gasteiger partial charge is 0.324 e. The predicted octanol–water partition coefficient (Wildman–Crippen LogP) is 2.61. The lowest BCUT2D eigenvalue weighted by molar-refractivity contribution is 0.391. The summed E-state index contributed by atoms with van der Waals surface area (Å²) in [6.45, 7) is 3.86. The minimum atomic E-state index is -0.0419. The van der Waals surface area contributed by atoms with E-state index in [1.54, 1.807) is 24.0 Å². The average Bonchev–Trinajstić information content (AvgIpc) is 3.23. The molecule has 0 amide bonds. The van der Waals surface area contributed by atoms with E-state index in [2.05, 4.69) is 33.3 Å². The number of hydrogen-bond acceptors (Lipinski definition) is 6. The van der Waals surface area contributed by atoms with Crippen LogP contribution in [0.1, 0.15) is 18.0 Å². The van der Waals surface area contributed by atoms with Gasteiger partial charge in [-0.25, -0.2) is 9.78 Å². The third-order valence-corrected chi connectivity index (χ3v) is 5.76. The van der Waals surface area contributed by atoms with E-state index in [1.807, 2.05) is 29.7 Å². The summed E-state index contributed by atoms with van der Waals surface area (Å²) >= 11 is 0. The highest BCUT2D eigenvalue weighted by molar-refractivity contribution is 5.85. The van der Waals surface area contributed by atoms with Gasteiger partial charge in [-0.05, 0) is 50.7 Å². The van der Waals surface area contributed by atoms with Crippen LogP contribution in [0.15, 0.2) is 41.5 Å². The number of hydrogen-bond donors (Lipinski definition) is 1. The van der Waals surface area contributed by atoms with Gasteiger partial charge in [-0.1, -0.05) is 6.07 Å². The van der Waals surface area contributed by atoms with Gasteiger partial charge in [-0.3, -0.25) is 14.1 Å². The summed E-state index contributed by atoms with van der Waals surface area (Å²) in [4.78, 5) is 28.7. The number of likely N-dealkylation sites (N-methyl/N-ethyl adjacent to an activating group) is 1. The van der Waals surface area contributed by atoms with E-state index in [-0.39, 0.29) is 11.7 Å². The fourth-order valence-corrected chi connectivity index (χ4v) is 4.13. The quantitative estimate of drug-likeness (QED) is 0.580. The molecule has 5 rings (SSSR count). The van der Waals surface area contributed by atoms with Crippen LogP contribution in [-0.4, -0.2) is 49.1 Å². The molecule has 4 heterocycles. The van der Waals surface area contributed by atoms with Gasteiger partial charge >= 0.3 is 5.69 Å². The second-order valence-electron chi connectivity index (χ2n) is 7.81. The first-order valence-electron chi connectivity index (χ1n) is 9.76. The Morgan fingerprint density at radius 2 is 2.07 bits per heavy atom. The zero-order valence-electron chi connectivity index (χ0n) is 16.8. The number of pyridine rings is 1. The highest BCUT2D eigenvalue weighted by atomic mass is 16.1. The fraction of sp³-hybridized carbons (Fsp3) is 0.333. The number of fused-ring (bicyclic) bond motifs is 2. The summed E-state index contributed by atoms with van der Waals surface area (Å²) in [5.41, 5.74) is 4.32. The van der Waals surface area contributed by atoms with Crippen LogP contribution in [0.2, 0.25) is 0 Å². The van der Waals surface area contributed by atoms with Crippen LogP contribution < -0.4 is 11.0 Å². The summed E-state index contributed by atoms with van der Waals surface area (Å²) in [6.07, 6.45) is 4.46. The highest BCUT2D eigenvalue weighted by Gasteiger charge is 2.26. The average molecular weight is 389 g/mol. The SMILES string of the molecule is Cc1cc2ncccc2cc1Nc1ncc2c(n1)n(C1CCN(C)C1)c(=O)n2C. The van der Waals surface area contributed by atoms with E-state index >= 15 is 0 Å². The zero-order chi connectivity index (χ0) is 20.1. The van der Waals surface area contributed by atoms with Gasteiger partial charge in [0.15, 0.2) is 5.65 Å². The minimum Gasteiger partial charge on any atom is -0.324 e. The number of anilines is 2. The van der Waals surface area contributed by atoms with Gasteiger partial charge in [0.1, 0.15) is 5.52 Å². The number of rotatable bonds is 3. The molecule has 1 aromatic carbocycles. The monoisotopic (exact) mass is 389 g/mol. The molecule has 8 nitrogen and oxygen atoms in total. The number of nitrogens with one attached hydrogen (secondary N) is 1. The summed E-state index contributed by atoms with van der Waals surface area (Å²) in [5, 5.41) is 4.38. The molecule has 3 aromatic heterocycles. The van der Waals surface area contributed by atoms with Crippen molar-refractivity contribution in [1.29, 1.82) is 0 Å². The number of likely N-dealkylation sites (tertiary alicyclic amines) is 1. The molecule has 8 heteroatoms. The normalized spacial score (nSPS) is 17.4. The van der Waals surface area contributed by atoms with Gasteiger partial charge in [0.05, 0.1) is 17.8 Å². The minimum absolute atomic E-state index is 0.0419.